The van der Waals surface area contributed by atoms with Gasteiger partial charge in [-0.3, -0.25) is 4.79 Å². The van der Waals surface area contributed by atoms with Crippen molar-refractivity contribution in [2.75, 3.05) is 0 Å². The van der Waals surface area contributed by atoms with E-state index in [1.54, 1.807) is 0 Å². The molecule has 7 heteroatoms. The number of para-hydroxylation sites is 2. The van der Waals surface area contributed by atoms with Crippen molar-refractivity contribution in [3.63, 3.8) is 0 Å². The Bertz CT molecular complexity index is 1100. The largest absolute Gasteiger partial charge is 0.350 e. The van der Waals surface area contributed by atoms with Crippen LogP contribution in [-0.4, -0.2) is 25.8 Å². The summed E-state index contributed by atoms with van der Waals surface area (Å²) in [5.74, 6) is 0.905. The second kappa shape index (κ2) is 7.19. The van der Waals surface area contributed by atoms with Crippen LogP contribution < -0.4 is 5.32 Å². The Morgan fingerprint density at radius 3 is 2.74 bits per heavy atom. The van der Waals surface area contributed by atoms with E-state index in [4.69, 9.17) is 4.63 Å². The first kappa shape index (κ1) is 17.2. The fraction of sp³-hybridized carbons (Fsp3) is 0.300. The van der Waals surface area contributed by atoms with Crippen molar-refractivity contribution in [2.45, 2.75) is 39.3 Å². The van der Waals surface area contributed by atoms with Crippen LogP contribution in [0.1, 0.15) is 37.7 Å². The molecule has 0 saturated carbocycles. The number of nitrogens with one attached hydrogen (secondary N) is 1. The smallest absolute Gasteiger partial charge is 0.243 e. The van der Waals surface area contributed by atoms with Crippen LogP contribution >= 0.6 is 0 Å². The van der Waals surface area contributed by atoms with Crippen molar-refractivity contribution in [3.05, 3.63) is 53.9 Å². The third kappa shape index (κ3) is 3.16. The molecule has 138 valence electrons. The molecule has 7 nitrogen and oxygen atoms in total. The Kier molecular flexibility index (Phi) is 4.58. The third-order valence-electron chi connectivity index (χ3n) is 4.77. The van der Waals surface area contributed by atoms with Crippen molar-refractivity contribution in [1.29, 1.82) is 0 Å². The van der Waals surface area contributed by atoms with Crippen LogP contribution in [0.5, 0.6) is 0 Å². The van der Waals surface area contributed by atoms with Gasteiger partial charge in [-0.15, -0.1) is 0 Å². The van der Waals surface area contributed by atoms with Gasteiger partial charge in [0.05, 0.1) is 11.0 Å². The summed E-state index contributed by atoms with van der Waals surface area (Å²) in [6.07, 6.45) is 1.46. The molecule has 0 spiro atoms. The van der Waals surface area contributed by atoms with E-state index < -0.39 is 0 Å². The predicted octanol–water partition coefficient (Wildman–Crippen LogP) is 3.40. The summed E-state index contributed by atoms with van der Waals surface area (Å²) in [4.78, 5) is 17.7. The zero-order chi connectivity index (χ0) is 18.8. The number of hydrogen-bond acceptors (Lipinski definition) is 5. The second-order valence-electron chi connectivity index (χ2n) is 6.47. The van der Waals surface area contributed by atoms with Gasteiger partial charge in [0, 0.05) is 13.0 Å². The number of amides is 1. The highest BCUT2D eigenvalue weighted by molar-refractivity contribution is 5.84. The van der Waals surface area contributed by atoms with Gasteiger partial charge in [0.15, 0.2) is 0 Å². The lowest BCUT2D eigenvalue weighted by Crippen LogP contribution is -2.32. The Hall–Kier alpha value is -3.22. The number of aryl methyl sites for hydroxylation is 1. The molecule has 0 bridgehead atoms. The molecule has 2 heterocycles. The van der Waals surface area contributed by atoms with Crippen LogP contribution in [0.25, 0.3) is 22.1 Å². The zero-order valence-corrected chi connectivity index (χ0v) is 15.3. The SMILES string of the molecule is CCc1nc2ccccc2n1[C@@H](CC)C(=O)NCc1ccc2nonc2c1. The van der Waals surface area contributed by atoms with E-state index >= 15 is 0 Å². The molecule has 0 aliphatic rings. The van der Waals surface area contributed by atoms with Gasteiger partial charge in [-0.25, -0.2) is 9.61 Å². The van der Waals surface area contributed by atoms with Gasteiger partial charge < -0.3 is 9.88 Å². The van der Waals surface area contributed by atoms with Gasteiger partial charge in [-0.2, -0.15) is 0 Å². The van der Waals surface area contributed by atoms with Crippen LogP contribution in [0.3, 0.4) is 0 Å². The minimum atomic E-state index is -0.301. The first-order valence-corrected chi connectivity index (χ1v) is 9.16. The number of aromatic nitrogens is 4. The molecule has 2 aromatic heterocycles. The lowest BCUT2D eigenvalue weighted by atomic mass is 10.1. The summed E-state index contributed by atoms with van der Waals surface area (Å²) in [7, 11) is 0. The molecule has 1 amide bonds. The molecule has 4 rings (SSSR count). The highest BCUT2D eigenvalue weighted by atomic mass is 16.6. The number of fused-ring (bicyclic) bond motifs is 2. The Morgan fingerprint density at radius 1 is 1.11 bits per heavy atom. The first-order chi connectivity index (χ1) is 13.2. The summed E-state index contributed by atoms with van der Waals surface area (Å²) < 4.78 is 6.78. The van der Waals surface area contributed by atoms with E-state index in [0.717, 1.165) is 28.8 Å². The minimum absolute atomic E-state index is 0.0197. The highest BCUT2D eigenvalue weighted by Gasteiger charge is 2.23. The summed E-state index contributed by atoms with van der Waals surface area (Å²) in [5, 5.41) is 10.7. The average molecular weight is 363 g/mol. The number of imidazole rings is 1. The normalized spacial score (nSPS) is 12.5. The molecule has 0 radical (unpaired) electrons. The third-order valence-corrected chi connectivity index (χ3v) is 4.77. The maximum absolute atomic E-state index is 13.0. The molecule has 4 aromatic rings. The number of carbonyl (C=O) groups excluding carboxylic acids is 1. The molecule has 0 unspecified atom stereocenters. The maximum atomic E-state index is 13.0. The molecule has 27 heavy (non-hydrogen) atoms. The van der Waals surface area contributed by atoms with Gasteiger partial charge in [-0.1, -0.05) is 32.0 Å². The van der Waals surface area contributed by atoms with Gasteiger partial charge in [0.1, 0.15) is 22.9 Å². The van der Waals surface area contributed by atoms with Crippen molar-refractivity contribution < 1.29 is 9.42 Å². The van der Waals surface area contributed by atoms with E-state index in [-0.39, 0.29) is 11.9 Å². The summed E-state index contributed by atoms with van der Waals surface area (Å²) >= 11 is 0. The van der Waals surface area contributed by atoms with Crippen LogP contribution in [0, 0.1) is 0 Å². The monoisotopic (exact) mass is 363 g/mol. The molecule has 0 fully saturated rings. The molecule has 0 aliphatic carbocycles. The van der Waals surface area contributed by atoms with Gasteiger partial charge in [0.25, 0.3) is 0 Å². The lowest BCUT2D eigenvalue weighted by molar-refractivity contribution is -0.124. The summed E-state index contributed by atoms with van der Waals surface area (Å²) in [5.41, 5.74) is 4.25. The summed E-state index contributed by atoms with van der Waals surface area (Å²) in [6.45, 7) is 4.50. The number of carbonyl (C=O) groups is 1. The number of benzene rings is 2. The lowest BCUT2D eigenvalue weighted by Gasteiger charge is -2.20. The van der Waals surface area contributed by atoms with Gasteiger partial charge >= 0.3 is 0 Å². The molecular formula is C20H21N5O2. The standard InChI is InChI=1S/C20H21N5O2/c1-3-17(25-18-8-6-5-7-15(18)22-19(25)4-2)20(26)21-12-13-9-10-14-16(11-13)24-27-23-14/h5-11,17H,3-4,12H2,1-2H3,(H,21,26)/t17-/m0/s1. The first-order valence-electron chi connectivity index (χ1n) is 9.16. The van der Waals surface area contributed by atoms with Crippen molar-refractivity contribution >= 4 is 28.0 Å². The quantitative estimate of drug-likeness (QED) is 0.567. The van der Waals surface area contributed by atoms with Gasteiger partial charge in [0.2, 0.25) is 5.91 Å². The number of hydrogen-bond donors (Lipinski definition) is 1. The van der Waals surface area contributed by atoms with E-state index in [2.05, 4.69) is 32.1 Å². The van der Waals surface area contributed by atoms with E-state index in [1.807, 2.05) is 49.4 Å². The fourth-order valence-electron chi connectivity index (χ4n) is 3.42. The Balaban J connectivity index is 1.58. The van der Waals surface area contributed by atoms with Gasteiger partial charge in [-0.05, 0) is 46.6 Å². The Labute approximate surface area is 156 Å². The molecular weight excluding hydrogens is 342 g/mol. The van der Waals surface area contributed by atoms with Crippen LogP contribution in [0.15, 0.2) is 47.1 Å². The van der Waals surface area contributed by atoms with Crippen LogP contribution in [0.2, 0.25) is 0 Å². The van der Waals surface area contributed by atoms with Crippen LogP contribution in [-0.2, 0) is 17.8 Å². The molecule has 2 aromatic carbocycles. The average Bonchev–Trinajstić information content (AvgIpc) is 3.31. The van der Waals surface area contributed by atoms with Crippen LogP contribution in [0.4, 0.5) is 0 Å². The zero-order valence-electron chi connectivity index (χ0n) is 15.3. The number of nitrogens with zero attached hydrogens (tertiary/aromatic N) is 4. The summed E-state index contributed by atoms with van der Waals surface area (Å²) in [6, 6.07) is 13.3. The topological polar surface area (TPSA) is 85.8 Å². The minimum Gasteiger partial charge on any atom is -0.350 e. The second-order valence-corrected chi connectivity index (χ2v) is 6.47. The predicted molar refractivity (Wildman–Crippen MR) is 102 cm³/mol. The van der Waals surface area contributed by atoms with E-state index in [0.29, 0.717) is 24.0 Å². The van der Waals surface area contributed by atoms with Crippen molar-refractivity contribution in [1.82, 2.24) is 25.2 Å². The van der Waals surface area contributed by atoms with E-state index in [9.17, 15) is 4.79 Å². The molecule has 0 saturated heterocycles. The Morgan fingerprint density at radius 2 is 1.93 bits per heavy atom. The highest BCUT2D eigenvalue weighted by Crippen LogP contribution is 2.24. The fourth-order valence-corrected chi connectivity index (χ4v) is 3.42. The molecule has 1 N–H and O–H groups in total. The van der Waals surface area contributed by atoms with Crippen molar-refractivity contribution in [3.8, 4) is 0 Å². The maximum Gasteiger partial charge on any atom is 0.243 e. The number of rotatable bonds is 6. The van der Waals surface area contributed by atoms with E-state index in [1.165, 1.54) is 0 Å². The van der Waals surface area contributed by atoms with Crippen molar-refractivity contribution in [2.24, 2.45) is 0 Å². The molecule has 0 aliphatic heterocycles. The molecule has 1 atom stereocenters.